The van der Waals surface area contributed by atoms with Gasteiger partial charge in [-0.2, -0.15) is 5.26 Å². The van der Waals surface area contributed by atoms with Gasteiger partial charge in [0.1, 0.15) is 22.5 Å². The first-order chi connectivity index (χ1) is 13.2. The van der Waals surface area contributed by atoms with E-state index in [0.29, 0.717) is 22.4 Å². The summed E-state index contributed by atoms with van der Waals surface area (Å²) in [4.78, 5) is 4.32. The molecule has 3 heterocycles. The van der Waals surface area contributed by atoms with Gasteiger partial charge in [-0.15, -0.1) is 10.2 Å². The molecule has 3 aromatic heterocycles. The molecule has 0 aliphatic heterocycles. The van der Waals surface area contributed by atoms with Crippen molar-refractivity contribution in [3.8, 4) is 17.5 Å². The Bertz CT molecular complexity index is 1110. The molecule has 7 heteroatoms. The maximum absolute atomic E-state index is 9.07. The minimum absolute atomic E-state index is 0.371. The fourth-order valence-electron chi connectivity index (χ4n) is 2.69. The Balaban J connectivity index is 1.75. The molecule has 0 N–H and O–H groups in total. The van der Waals surface area contributed by atoms with Crippen LogP contribution in [0.25, 0.3) is 11.4 Å². The molecule has 0 aliphatic rings. The Morgan fingerprint density at radius 3 is 2.78 bits per heavy atom. The lowest BCUT2D eigenvalue weighted by Crippen LogP contribution is -2.03. The fourth-order valence-corrected chi connectivity index (χ4v) is 3.51. The van der Waals surface area contributed by atoms with E-state index in [-0.39, 0.29) is 0 Å². The normalized spacial score (nSPS) is 10.7. The average Bonchev–Trinajstić information content (AvgIpc) is 3.33. The second kappa shape index (κ2) is 7.48. The van der Waals surface area contributed by atoms with Crippen LogP contribution in [-0.2, 0) is 6.54 Å². The van der Waals surface area contributed by atoms with Crippen LogP contribution in [-0.4, -0.2) is 19.7 Å². The maximum atomic E-state index is 9.07. The summed E-state index contributed by atoms with van der Waals surface area (Å²) in [6.45, 7) is 2.55. The highest BCUT2D eigenvalue weighted by Gasteiger charge is 2.17. The van der Waals surface area contributed by atoms with E-state index in [9.17, 15) is 0 Å². The molecule has 0 aliphatic carbocycles. The first-order valence-electron chi connectivity index (χ1n) is 8.30. The van der Waals surface area contributed by atoms with Crippen LogP contribution in [0.15, 0.2) is 75.5 Å². The first-order valence-corrected chi connectivity index (χ1v) is 9.12. The summed E-state index contributed by atoms with van der Waals surface area (Å²) >= 11 is 1.37. The van der Waals surface area contributed by atoms with Crippen molar-refractivity contribution in [3.63, 3.8) is 0 Å². The summed E-state index contributed by atoms with van der Waals surface area (Å²) < 4.78 is 7.52. The van der Waals surface area contributed by atoms with E-state index in [2.05, 4.69) is 27.3 Å². The molecule has 132 valence electrons. The van der Waals surface area contributed by atoms with Crippen LogP contribution < -0.4 is 0 Å². The molecule has 0 saturated carbocycles. The third kappa shape index (κ3) is 3.76. The number of hydrogen-bond donors (Lipinski definition) is 0. The van der Waals surface area contributed by atoms with Gasteiger partial charge in [-0.05, 0) is 49.0 Å². The van der Waals surface area contributed by atoms with Crippen molar-refractivity contribution in [2.45, 2.75) is 23.7 Å². The van der Waals surface area contributed by atoms with Crippen molar-refractivity contribution in [3.05, 3.63) is 77.9 Å². The van der Waals surface area contributed by atoms with Crippen molar-refractivity contribution in [1.82, 2.24) is 19.7 Å². The Kier molecular flexibility index (Phi) is 4.73. The van der Waals surface area contributed by atoms with E-state index >= 15 is 0 Å². The molecule has 0 radical (unpaired) electrons. The van der Waals surface area contributed by atoms with Gasteiger partial charge in [-0.3, -0.25) is 4.57 Å². The van der Waals surface area contributed by atoms with Crippen LogP contribution in [0.3, 0.4) is 0 Å². The summed E-state index contributed by atoms with van der Waals surface area (Å²) in [5, 5.41) is 19.2. The number of rotatable bonds is 5. The Hall–Kier alpha value is -3.37. The van der Waals surface area contributed by atoms with Gasteiger partial charge in [-0.1, -0.05) is 29.8 Å². The highest BCUT2D eigenvalue weighted by molar-refractivity contribution is 7.99. The summed E-state index contributed by atoms with van der Waals surface area (Å²) in [5.41, 5.74) is 2.51. The van der Waals surface area contributed by atoms with Gasteiger partial charge >= 0.3 is 0 Å². The van der Waals surface area contributed by atoms with Crippen molar-refractivity contribution >= 4 is 11.8 Å². The predicted molar refractivity (Wildman–Crippen MR) is 101 cm³/mol. The summed E-state index contributed by atoms with van der Waals surface area (Å²) in [7, 11) is 0. The lowest BCUT2D eigenvalue weighted by molar-refractivity contribution is 0.485. The number of furan rings is 1. The molecule has 1 aromatic carbocycles. The maximum Gasteiger partial charge on any atom is 0.198 e. The number of nitriles is 1. The lowest BCUT2D eigenvalue weighted by Gasteiger charge is -2.09. The largest absolute Gasteiger partial charge is 0.467 e. The van der Waals surface area contributed by atoms with Gasteiger partial charge in [0.2, 0.25) is 0 Å². The quantitative estimate of drug-likeness (QED) is 0.518. The minimum Gasteiger partial charge on any atom is -0.467 e. The van der Waals surface area contributed by atoms with Crippen LogP contribution >= 0.6 is 11.8 Å². The Morgan fingerprint density at radius 1 is 1.11 bits per heavy atom. The van der Waals surface area contributed by atoms with Crippen LogP contribution in [0.2, 0.25) is 0 Å². The molecule has 0 atom stereocenters. The average molecular weight is 373 g/mol. The van der Waals surface area contributed by atoms with Crippen molar-refractivity contribution in [2.75, 3.05) is 0 Å². The second-order valence-electron chi connectivity index (χ2n) is 5.92. The number of hydrogen-bond acceptors (Lipinski definition) is 6. The molecule has 4 aromatic rings. The second-order valence-corrected chi connectivity index (χ2v) is 6.90. The standard InChI is InChI=1S/C20H15N5OS/c1-14-5-2-6-15(11-14)19-23-24-20(25(19)13-17-8-4-10-26-17)27-18-9-3-7-16(12-21)22-18/h2-11H,13H2,1H3. The third-order valence-electron chi connectivity index (χ3n) is 3.92. The van der Waals surface area contributed by atoms with Gasteiger partial charge in [-0.25, -0.2) is 4.98 Å². The predicted octanol–water partition coefficient (Wildman–Crippen LogP) is 4.31. The first kappa shape index (κ1) is 17.1. The molecular formula is C20H15N5OS. The molecule has 0 amide bonds. The third-order valence-corrected chi connectivity index (χ3v) is 4.84. The van der Waals surface area contributed by atoms with E-state index in [1.807, 2.05) is 54.0 Å². The van der Waals surface area contributed by atoms with E-state index in [0.717, 1.165) is 22.7 Å². The molecule has 0 unspecified atom stereocenters. The molecule has 6 nitrogen and oxygen atoms in total. The summed E-state index contributed by atoms with van der Waals surface area (Å²) in [6.07, 6.45) is 1.65. The van der Waals surface area contributed by atoms with Gasteiger partial charge in [0.05, 0.1) is 12.8 Å². The highest BCUT2D eigenvalue weighted by Crippen LogP contribution is 2.29. The zero-order chi connectivity index (χ0) is 18.6. The van der Waals surface area contributed by atoms with Crippen molar-refractivity contribution < 1.29 is 4.42 Å². The molecular weight excluding hydrogens is 358 g/mol. The number of benzene rings is 1. The van der Waals surface area contributed by atoms with E-state index in [1.54, 1.807) is 12.3 Å². The van der Waals surface area contributed by atoms with Crippen LogP contribution in [0, 0.1) is 18.3 Å². The molecule has 0 bridgehead atoms. The Morgan fingerprint density at radius 2 is 2.00 bits per heavy atom. The van der Waals surface area contributed by atoms with Crippen LogP contribution in [0.4, 0.5) is 0 Å². The number of pyridine rings is 1. The highest BCUT2D eigenvalue weighted by atomic mass is 32.2. The lowest BCUT2D eigenvalue weighted by atomic mass is 10.1. The van der Waals surface area contributed by atoms with E-state index < -0.39 is 0 Å². The SMILES string of the molecule is Cc1cccc(-c2nnc(Sc3cccc(C#N)n3)n2Cc2ccco2)c1. The monoisotopic (exact) mass is 373 g/mol. The van der Waals surface area contributed by atoms with Crippen LogP contribution in [0.5, 0.6) is 0 Å². The smallest absolute Gasteiger partial charge is 0.198 e. The number of aromatic nitrogens is 4. The minimum atomic E-state index is 0.371. The van der Waals surface area contributed by atoms with Gasteiger partial charge in [0.25, 0.3) is 0 Å². The topological polar surface area (TPSA) is 80.5 Å². The van der Waals surface area contributed by atoms with Gasteiger partial charge < -0.3 is 4.42 Å². The summed E-state index contributed by atoms with van der Waals surface area (Å²) in [6, 6.07) is 19.3. The van der Waals surface area contributed by atoms with E-state index in [1.165, 1.54) is 11.8 Å². The Labute approximate surface area is 160 Å². The van der Waals surface area contributed by atoms with Gasteiger partial charge in [0, 0.05) is 5.56 Å². The molecule has 0 saturated heterocycles. The molecule has 4 rings (SSSR count). The van der Waals surface area contributed by atoms with Crippen LogP contribution in [0.1, 0.15) is 17.0 Å². The summed E-state index contributed by atoms with van der Waals surface area (Å²) in [5.74, 6) is 1.57. The molecule has 0 fully saturated rings. The van der Waals surface area contributed by atoms with Gasteiger partial charge in [0.15, 0.2) is 11.0 Å². The van der Waals surface area contributed by atoms with E-state index in [4.69, 9.17) is 9.68 Å². The molecule has 27 heavy (non-hydrogen) atoms. The molecule has 0 spiro atoms. The van der Waals surface area contributed by atoms with Crippen molar-refractivity contribution in [1.29, 1.82) is 5.26 Å². The number of aryl methyl sites for hydroxylation is 1. The fraction of sp³-hybridized carbons (Fsp3) is 0.100. The zero-order valence-corrected chi connectivity index (χ0v) is 15.3. The van der Waals surface area contributed by atoms with Crippen molar-refractivity contribution in [2.24, 2.45) is 0 Å². The number of nitrogens with zero attached hydrogens (tertiary/aromatic N) is 5. The zero-order valence-electron chi connectivity index (χ0n) is 14.5.